The van der Waals surface area contributed by atoms with Gasteiger partial charge < -0.3 is 15.3 Å². The molecule has 2 aromatic heterocycles. The van der Waals surface area contributed by atoms with Crippen LogP contribution >= 0.6 is 11.9 Å². The van der Waals surface area contributed by atoms with Crippen LogP contribution in [0, 0.1) is 10.8 Å². The number of aliphatic hydroxyl groups excluding tert-OH is 1. The molecular weight excluding hydrogens is 426 g/mol. The summed E-state index contributed by atoms with van der Waals surface area (Å²) >= 11 is 1.93. The minimum atomic E-state index is -0.433. The zero-order valence-corrected chi connectivity index (χ0v) is 18.7. The van der Waals surface area contributed by atoms with Crippen LogP contribution in [-0.2, 0) is 13.0 Å². The van der Waals surface area contributed by atoms with Gasteiger partial charge in [-0.3, -0.25) is 20.6 Å². The molecule has 0 bridgehead atoms. The van der Waals surface area contributed by atoms with Crippen molar-refractivity contribution in [2.24, 2.45) is 0 Å². The lowest BCUT2D eigenvalue weighted by Gasteiger charge is -2.27. The largest absolute Gasteiger partial charge is 0.394 e. The highest BCUT2D eigenvalue weighted by Crippen LogP contribution is 2.38. The third-order valence-corrected chi connectivity index (χ3v) is 6.86. The fraction of sp³-hybridized carbons (Fsp3) is 0.409. The molecule has 4 rings (SSSR count). The first-order chi connectivity index (χ1) is 15.5. The Balaban J connectivity index is 1.46. The van der Waals surface area contributed by atoms with E-state index in [0.29, 0.717) is 11.5 Å². The second kappa shape index (κ2) is 9.76. The van der Waals surface area contributed by atoms with Crippen molar-refractivity contribution < 1.29 is 9.90 Å². The quantitative estimate of drug-likeness (QED) is 0.275. The maximum atomic E-state index is 12.8. The van der Waals surface area contributed by atoms with Gasteiger partial charge in [0, 0.05) is 24.5 Å². The Bertz CT molecular complexity index is 1030. The third kappa shape index (κ3) is 5.14. The van der Waals surface area contributed by atoms with Gasteiger partial charge in [-0.2, -0.15) is 0 Å². The molecule has 168 valence electrons. The van der Waals surface area contributed by atoms with E-state index in [1.165, 1.54) is 23.3 Å². The van der Waals surface area contributed by atoms with E-state index in [4.69, 9.17) is 10.8 Å². The second-order valence-electron chi connectivity index (χ2n) is 8.04. The molecule has 1 aliphatic carbocycles. The van der Waals surface area contributed by atoms with Crippen LogP contribution in [-0.4, -0.2) is 66.8 Å². The number of hydrogen-bond acceptors (Lipinski definition) is 8. The van der Waals surface area contributed by atoms with E-state index in [2.05, 4.69) is 19.6 Å². The fourth-order valence-corrected chi connectivity index (χ4v) is 4.64. The molecule has 0 saturated heterocycles. The maximum absolute atomic E-state index is 12.8. The smallest absolute Gasteiger partial charge is 0.275 e. The predicted molar refractivity (Wildman–Crippen MR) is 125 cm³/mol. The number of carbonyl (C=O) groups excluding carboxylic acids is 1. The summed E-state index contributed by atoms with van der Waals surface area (Å²) < 4.78 is 2.38. The minimum absolute atomic E-state index is 0.0298. The summed E-state index contributed by atoms with van der Waals surface area (Å²) in [6, 6.07) is 6.38. The molecule has 1 amide bonds. The number of hydrogen-bond donors (Lipinski definition) is 4. The maximum Gasteiger partial charge on any atom is 0.275 e. The van der Waals surface area contributed by atoms with Gasteiger partial charge in [-0.25, -0.2) is 9.29 Å². The molecule has 1 saturated carbocycles. The normalized spacial score (nSPS) is 16.7. The van der Waals surface area contributed by atoms with E-state index in [1.54, 1.807) is 31.3 Å². The Kier molecular flexibility index (Phi) is 6.83. The summed E-state index contributed by atoms with van der Waals surface area (Å²) in [7, 11) is 0. The molecule has 4 N–H and O–H groups in total. The standard InChI is InChI=1S/C22H27N7O2S/c1-14(12-30)29(13-23)21(24)18-3-2-4-20(26-18)27-22(31)19-9-16-11-28(32-17-5-6-17)8-7-15(16)10-25-19/h2-4,9-10,13-14,17,23-24,30H,5-8,11-12H2,1H3,(H,26,27,31). The summed E-state index contributed by atoms with van der Waals surface area (Å²) in [5.74, 6) is -0.0920. The Morgan fingerprint density at radius 3 is 2.94 bits per heavy atom. The zero-order chi connectivity index (χ0) is 22.7. The average molecular weight is 454 g/mol. The second-order valence-corrected chi connectivity index (χ2v) is 9.43. The van der Waals surface area contributed by atoms with Crippen molar-refractivity contribution in [2.75, 3.05) is 18.5 Å². The molecule has 2 aromatic rings. The van der Waals surface area contributed by atoms with Gasteiger partial charge in [0.05, 0.1) is 19.0 Å². The highest BCUT2D eigenvalue weighted by molar-refractivity contribution is 7.97. The molecule has 3 heterocycles. The van der Waals surface area contributed by atoms with Gasteiger partial charge in [0.15, 0.2) is 5.84 Å². The highest BCUT2D eigenvalue weighted by Gasteiger charge is 2.28. The third-order valence-electron chi connectivity index (χ3n) is 5.48. The average Bonchev–Trinajstić information content (AvgIpc) is 3.63. The van der Waals surface area contributed by atoms with E-state index < -0.39 is 6.04 Å². The van der Waals surface area contributed by atoms with Crippen LogP contribution < -0.4 is 5.32 Å². The first-order valence-corrected chi connectivity index (χ1v) is 11.5. The lowest BCUT2D eigenvalue weighted by Crippen LogP contribution is -2.39. The molecule has 2 aliphatic rings. The number of anilines is 1. The number of rotatable bonds is 8. The summed E-state index contributed by atoms with van der Waals surface area (Å²) in [6.45, 7) is 3.32. The zero-order valence-electron chi connectivity index (χ0n) is 17.9. The molecule has 10 heteroatoms. The van der Waals surface area contributed by atoms with Crippen LogP contribution in [0.25, 0.3) is 0 Å². The molecule has 1 unspecified atom stereocenters. The van der Waals surface area contributed by atoms with E-state index >= 15 is 0 Å². The topological polar surface area (TPSA) is 129 Å². The predicted octanol–water partition coefficient (Wildman–Crippen LogP) is 2.51. The van der Waals surface area contributed by atoms with E-state index in [9.17, 15) is 9.90 Å². The van der Waals surface area contributed by atoms with Crippen molar-refractivity contribution in [3.8, 4) is 0 Å². The first-order valence-electron chi connectivity index (χ1n) is 10.6. The van der Waals surface area contributed by atoms with Gasteiger partial charge in [-0.05, 0) is 55.5 Å². The number of aliphatic hydroxyl groups is 1. The van der Waals surface area contributed by atoms with Crippen LogP contribution in [0.5, 0.6) is 0 Å². The summed E-state index contributed by atoms with van der Waals surface area (Å²) in [4.78, 5) is 22.8. The van der Waals surface area contributed by atoms with Crippen LogP contribution in [0.15, 0.2) is 30.5 Å². The van der Waals surface area contributed by atoms with Gasteiger partial charge in [-0.1, -0.05) is 18.0 Å². The van der Waals surface area contributed by atoms with E-state index in [-0.39, 0.29) is 24.0 Å². The van der Waals surface area contributed by atoms with Crippen LogP contribution in [0.3, 0.4) is 0 Å². The molecule has 1 atom stereocenters. The Labute approximate surface area is 191 Å². The van der Waals surface area contributed by atoms with Crippen molar-refractivity contribution in [3.63, 3.8) is 0 Å². The van der Waals surface area contributed by atoms with E-state index in [0.717, 1.165) is 36.7 Å². The molecular formula is C22H27N7O2S. The van der Waals surface area contributed by atoms with Gasteiger partial charge in [0.25, 0.3) is 5.91 Å². The van der Waals surface area contributed by atoms with Crippen molar-refractivity contribution in [1.29, 1.82) is 10.8 Å². The van der Waals surface area contributed by atoms with Gasteiger partial charge in [0.2, 0.25) is 0 Å². The Morgan fingerprint density at radius 2 is 2.22 bits per heavy atom. The summed E-state index contributed by atoms with van der Waals surface area (Å²) in [5, 5.41) is 28.7. The molecule has 0 aromatic carbocycles. The number of fused-ring (bicyclic) bond motifs is 1. The number of amidine groups is 1. The minimum Gasteiger partial charge on any atom is -0.394 e. The number of nitrogens with one attached hydrogen (secondary N) is 3. The first kappa shape index (κ1) is 22.4. The number of carbonyl (C=O) groups is 1. The highest BCUT2D eigenvalue weighted by atomic mass is 32.2. The molecule has 1 fully saturated rings. The number of nitrogens with zero attached hydrogens (tertiary/aromatic N) is 4. The van der Waals surface area contributed by atoms with Gasteiger partial charge in [-0.15, -0.1) is 0 Å². The molecule has 0 spiro atoms. The molecule has 32 heavy (non-hydrogen) atoms. The van der Waals surface area contributed by atoms with E-state index in [1.807, 2.05) is 18.0 Å². The van der Waals surface area contributed by atoms with Crippen molar-refractivity contribution in [2.45, 2.75) is 44.0 Å². The number of aromatic nitrogens is 2. The lowest BCUT2D eigenvalue weighted by atomic mass is 10.0. The Hall–Kier alpha value is -2.82. The van der Waals surface area contributed by atoms with Crippen molar-refractivity contribution >= 4 is 35.8 Å². The molecule has 9 nitrogen and oxygen atoms in total. The fourth-order valence-electron chi connectivity index (χ4n) is 3.46. The van der Waals surface area contributed by atoms with Crippen molar-refractivity contribution in [3.05, 3.63) is 53.0 Å². The summed E-state index contributed by atoms with van der Waals surface area (Å²) in [6.07, 6.45) is 6.29. The Morgan fingerprint density at radius 1 is 1.41 bits per heavy atom. The lowest BCUT2D eigenvalue weighted by molar-refractivity contribution is 0.102. The van der Waals surface area contributed by atoms with Gasteiger partial charge in [0.1, 0.15) is 17.2 Å². The molecule has 1 aliphatic heterocycles. The monoisotopic (exact) mass is 453 g/mol. The summed E-state index contributed by atoms with van der Waals surface area (Å²) in [5.41, 5.74) is 2.94. The SMILES string of the molecule is CC(CO)N(C=N)C(=N)c1cccc(NC(=O)c2cc3c(cn2)CCN(SC2CC2)C3)n1. The van der Waals surface area contributed by atoms with Crippen molar-refractivity contribution in [1.82, 2.24) is 19.2 Å². The van der Waals surface area contributed by atoms with Gasteiger partial charge >= 0.3 is 0 Å². The number of pyridine rings is 2. The van der Waals surface area contributed by atoms with Crippen LogP contribution in [0.2, 0.25) is 0 Å². The number of amides is 1. The van der Waals surface area contributed by atoms with Crippen LogP contribution in [0.1, 0.15) is 47.1 Å². The molecule has 0 radical (unpaired) electrons. The van der Waals surface area contributed by atoms with Crippen LogP contribution in [0.4, 0.5) is 5.82 Å².